The van der Waals surface area contributed by atoms with Crippen molar-refractivity contribution in [2.24, 2.45) is 0 Å². The molecule has 66 valence electrons. The Kier molecular flexibility index (Phi) is 4.86. The Morgan fingerprint density at radius 3 is 2.18 bits per heavy atom. The van der Waals surface area contributed by atoms with E-state index in [2.05, 4.69) is 0 Å². The van der Waals surface area contributed by atoms with Gasteiger partial charge in [-0.3, -0.25) is 5.41 Å². The van der Waals surface area contributed by atoms with Crippen molar-refractivity contribution in [2.75, 3.05) is 7.11 Å². The highest BCUT2D eigenvalue weighted by molar-refractivity contribution is 5.51. The van der Waals surface area contributed by atoms with Crippen LogP contribution in [-0.2, 0) is 4.74 Å². The van der Waals surface area contributed by atoms with E-state index in [0.29, 0.717) is 6.04 Å². The lowest BCUT2D eigenvalue weighted by Crippen LogP contribution is -2.39. The van der Waals surface area contributed by atoms with Gasteiger partial charge in [-0.25, -0.2) is 0 Å². The summed E-state index contributed by atoms with van der Waals surface area (Å²) in [6, 6.07) is 0.331. The first-order valence-electron chi connectivity index (χ1n) is 3.98. The smallest absolute Gasteiger partial charge is 0.130 e. The minimum Gasteiger partial charge on any atom is -0.362 e. The second-order valence-corrected chi connectivity index (χ2v) is 2.77. The zero-order chi connectivity index (χ0) is 8.85. The second-order valence-electron chi connectivity index (χ2n) is 2.77. The van der Waals surface area contributed by atoms with Crippen LogP contribution in [0.15, 0.2) is 0 Å². The molecular formula is C8H18N2O. The standard InChI is InChI=1S/C8H18N2O/c1-5-8(11-4)10(6-9)7(2)3/h6-9H,5H2,1-4H3/t8-/m1/s1. The van der Waals surface area contributed by atoms with Gasteiger partial charge in [0, 0.05) is 13.2 Å². The lowest BCUT2D eigenvalue weighted by molar-refractivity contribution is -0.00580. The fourth-order valence-corrected chi connectivity index (χ4v) is 1.06. The monoisotopic (exact) mass is 158 g/mol. The molecule has 0 spiro atoms. The predicted molar refractivity (Wildman–Crippen MR) is 46.8 cm³/mol. The van der Waals surface area contributed by atoms with Gasteiger partial charge in [-0.15, -0.1) is 0 Å². The summed E-state index contributed by atoms with van der Waals surface area (Å²) in [7, 11) is 1.67. The third-order valence-corrected chi connectivity index (χ3v) is 1.70. The van der Waals surface area contributed by atoms with E-state index in [4.69, 9.17) is 10.1 Å². The van der Waals surface area contributed by atoms with Gasteiger partial charge in [0.25, 0.3) is 0 Å². The van der Waals surface area contributed by atoms with Crippen LogP contribution in [0.1, 0.15) is 27.2 Å². The van der Waals surface area contributed by atoms with E-state index in [9.17, 15) is 0 Å². The largest absolute Gasteiger partial charge is 0.362 e. The molecule has 0 radical (unpaired) electrons. The summed E-state index contributed by atoms with van der Waals surface area (Å²) in [4.78, 5) is 1.89. The van der Waals surface area contributed by atoms with Gasteiger partial charge in [0.2, 0.25) is 0 Å². The second kappa shape index (κ2) is 5.13. The van der Waals surface area contributed by atoms with Crippen molar-refractivity contribution in [1.82, 2.24) is 4.90 Å². The Labute approximate surface area is 68.9 Å². The summed E-state index contributed by atoms with van der Waals surface area (Å²) < 4.78 is 5.19. The van der Waals surface area contributed by atoms with Crippen LogP contribution >= 0.6 is 0 Å². The van der Waals surface area contributed by atoms with Gasteiger partial charge in [0.15, 0.2) is 0 Å². The van der Waals surface area contributed by atoms with Crippen molar-refractivity contribution in [3.8, 4) is 0 Å². The molecule has 0 amide bonds. The molecule has 3 heteroatoms. The van der Waals surface area contributed by atoms with Crippen LogP contribution in [0.5, 0.6) is 0 Å². The number of methoxy groups -OCH3 is 1. The molecule has 0 fully saturated rings. The molecule has 0 aromatic carbocycles. The highest BCUT2D eigenvalue weighted by atomic mass is 16.5. The van der Waals surface area contributed by atoms with E-state index in [1.807, 2.05) is 25.7 Å². The van der Waals surface area contributed by atoms with Crippen molar-refractivity contribution < 1.29 is 4.74 Å². The molecule has 1 atom stereocenters. The molecule has 11 heavy (non-hydrogen) atoms. The molecule has 0 heterocycles. The van der Waals surface area contributed by atoms with Gasteiger partial charge in [-0.2, -0.15) is 0 Å². The van der Waals surface area contributed by atoms with Gasteiger partial charge in [-0.05, 0) is 20.3 Å². The van der Waals surface area contributed by atoms with Crippen LogP contribution in [0.4, 0.5) is 0 Å². The van der Waals surface area contributed by atoms with Crippen molar-refractivity contribution >= 4 is 6.34 Å². The van der Waals surface area contributed by atoms with E-state index >= 15 is 0 Å². The average Bonchev–Trinajstić information content (AvgIpc) is 1.99. The van der Waals surface area contributed by atoms with E-state index in [0.717, 1.165) is 6.42 Å². The summed E-state index contributed by atoms with van der Waals surface area (Å²) in [5, 5.41) is 7.15. The summed E-state index contributed by atoms with van der Waals surface area (Å²) in [6.07, 6.45) is 2.29. The van der Waals surface area contributed by atoms with Gasteiger partial charge < -0.3 is 9.64 Å². The first kappa shape index (κ1) is 10.4. The third kappa shape index (κ3) is 2.89. The minimum atomic E-state index is 0.0486. The van der Waals surface area contributed by atoms with Crippen molar-refractivity contribution in [2.45, 2.75) is 39.5 Å². The molecular weight excluding hydrogens is 140 g/mol. The number of hydrogen-bond acceptors (Lipinski definition) is 2. The number of ether oxygens (including phenoxy) is 1. The van der Waals surface area contributed by atoms with Crippen LogP contribution in [0.25, 0.3) is 0 Å². The molecule has 0 saturated heterocycles. The summed E-state index contributed by atoms with van der Waals surface area (Å²) >= 11 is 0. The van der Waals surface area contributed by atoms with Crippen LogP contribution < -0.4 is 0 Å². The molecule has 0 unspecified atom stereocenters. The normalized spacial score (nSPS) is 13.2. The van der Waals surface area contributed by atoms with Crippen LogP contribution in [0.3, 0.4) is 0 Å². The Morgan fingerprint density at radius 2 is 2.09 bits per heavy atom. The zero-order valence-electron chi connectivity index (χ0n) is 7.79. The first-order chi connectivity index (χ1) is 5.17. The molecule has 1 N–H and O–H groups in total. The summed E-state index contributed by atoms with van der Waals surface area (Å²) in [6.45, 7) is 6.15. The Balaban J connectivity index is 4.08. The van der Waals surface area contributed by atoms with Crippen molar-refractivity contribution in [1.29, 1.82) is 5.41 Å². The SMILES string of the molecule is CC[C@@H](OC)N(C=N)C(C)C. The Hall–Kier alpha value is -0.570. The van der Waals surface area contributed by atoms with Crippen molar-refractivity contribution in [3.63, 3.8) is 0 Å². The molecule has 0 aromatic rings. The highest BCUT2D eigenvalue weighted by Crippen LogP contribution is 2.06. The van der Waals surface area contributed by atoms with Gasteiger partial charge >= 0.3 is 0 Å². The van der Waals surface area contributed by atoms with Crippen molar-refractivity contribution in [3.05, 3.63) is 0 Å². The molecule has 0 aliphatic rings. The Morgan fingerprint density at radius 1 is 1.55 bits per heavy atom. The topological polar surface area (TPSA) is 36.3 Å². The van der Waals surface area contributed by atoms with E-state index < -0.39 is 0 Å². The molecule has 0 aromatic heterocycles. The van der Waals surface area contributed by atoms with Crippen LogP contribution in [0.2, 0.25) is 0 Å². The third-order valence-electron chi connectivity index (χ3n) is 1.70. The van der Waals surface area contributed by atoms with Gasteiger partial charge in [0.1, 0.15) is 6.23 Å². The first-order valence-corrected chi connectivity index (χ1v) is 3.98. The number of rotatable bonds is 5. The van der Waals surface area contributed by atoms with E-state index in [1.54, 1.807) is 7.11 Å². The lowest BCUT2D eigenvalue weighted by atomic mass is 10.3. The van der Waals surface area contributed by atoms with E-state index in [1.165, 1.54) is 6.34 Å². The number of nitrogens with zero attached hydrogens (tertiary/aromatic N) is 1. The maximum atomic E-state index is 7.15. The molecule has 3 nitrogen and oxygen atoms in total. The van der Waals surface area contributed by atoms with Gasteiger partial charge in [-0.1, -0.05) is 6.92 Å². The average molecular weight is 158 g/mol. The minimum absolute atomic E-state index is 0.0486. The summed E-state index contributed by atoms with van der Waals surface area (Å²) in [5.74, 6) is 0. The predicted octanol–water partition coefficient (Wildman–Crippen LogP) is 1.69. The molecule has 0 bridgehead atoms. The maximum Gasteiger partial charge on any atom is 0.130 e. The van der Waals surface area contributed by atoms with Gasteiger partial charge in [0.05, 0.1) is 6.34 Å². The molecule has 0 rings (SSSR count). The Bertz CT molecular complexity index is 111. The maximum absolute atomic E-state index is 7.15. The number of nitrogens with one attached hydrogen (secondary N) is 1. The zero-order valence-corrected chi connectivity index (χ0v) is 7.79. The summed E-state index contributed by atoms with van der Waals surface area (Å²) in [5.41, 5.74) is 0. The molecule has 0 saturated carbocycles. The van der Waals surface area contributed by atoms with Crippen LogP contribution in [-0.4, -0.2) is 30.6 Å². The molecule has 0 aliphatic heterocycles. The molecule has 0 aliphatic carbocycles. The highest BCUT2D eigenvalue weighted by Gasteiger charge is 2.14. The number of hydrogen-bond donors (Lipinski definition) is 1. The van der Waals surface area contributed by atoms with Crippen LogP contribution in [0, 0.1) is 5.41 Å². The fraction of sp³-hybridized carbons (Fsp3) is 0.875. The lowest BCUT2D eigenvalue weighted by Gasteiger charge is -2.30. The van der Waals surface area contributed by atoms with E-state index in [-0.39, 0.29) is 6.23 Å². The quantitative estimate of drug-likeness (QED) is 0.375. The fourth-order valence-electron chi connectivity index (χ4n) is 1.06.